The number of rotatable bonds is 8. The van der Waals surface area contributed by atoms with E-state index in [1.165, 1.54) is 11.0 Å². The van der Waals surface area contributed by atoms with Gasteiger partial charge in [0.1, 0.15) is 24.1 Å². The van der Waals surface area contributed by atoms with Gasteiger partial charge in [0.15, 0.2) is 0 Å². The maximum Gasteiger partial charge on any atom is 0.326 e. The lowest BCUT2D eigenvalue weighted by Gasteiger charge is -2.47. The molecule has 0 saturated carbocycles. The molecule has 0 spiro atoms. The molecule has 3 aromatic rings. The number of ether oxygens (including phenoxy) is 1. The molecule has 0 aliphatic carbocycles. The van der Waals surface area contributed by atoms with Gasteiger partial charge >= 0.3 is 5.97 Å². The second kappa shape index (κ2) is 11.4. The number of hydrogen-bond donors (Lipinski definition) is 1. The highest BCUT2D eigenvalue weighted by atomic mass is 35.5. The lowest BCUT2D eigenvalue weighted by molar-refractivity contribution is -0.184. The van der Waals surface area contributed by atoms with Crippen LogP contribution in [0.4, 0.5) is 4.39 Å². The first-order valence-corrected chi connectivity index (χ1v) is 12.5. The van der Waals surface area contributed by atoms with Crippen LogP contribution < -0.4 is 0 Å². The second-order valence-corrected chi connectivity index (χ2v) is 9.65. The largest absolute Gasteiger partial charge is 0.480 e. The highest BCUT2D eigenvalue weighted by molar-refractivity contribution is 6.30. The summed E-state index contributed by atoms with van der Waals surface area (Å²) in [5, 5.41) is 11.2. The molecule has 1 aliphatic heterocycles. The first-order valence-electron chi connectivity index (χ1n) is 11.7. The number of aliphatic carboxylic acids is 1. The molecule has 1 saturated heterocycles. The molecule has 0 radical (unpaired) electrons. The van der Waals surface area contributed by atoms with Crippen molar-refractivity contribution in [3.8, 4) is 0 Å². The van der Waals surface area contributed by atoms with Gasteiger partial charge in [0.25, 0.3) is 5.91 Å². The summed E-state index contributed by atoms with van der Waals surface area (Å²) in [5.41, 5.74) is 1.72. The third-order valence-corrected chi connectivity index (χ3v) is 6.89. The Kier molecular flexibility index (Phi) is 8.29. The Morgan fingerprint density at radius 1 is 1.00 bits per heavy atom. The zero-order chi connectivity index (χ0) is 25.8. The summed E-state index contributed by atoms with van der Waals surface area (Å²) in [7, 11) is 0. The van der Waals surface area contributed by atoms with Crippen molar-refractivity contribution in [2.45, 2.75) is 50.5 Å². The van der Waals surface area contributed by atoms with Crippen LogP contribution in [0.1, 0.15) is 48.6 Å². The molecule has 0 bridgehead atoms. The van der Waals surface area contributed by atoms with Crippen LogP contribution in [0.3, 0.4) is 0 Å². The smallest absolute Gasteiger partial charge is 0.326 e. The molecule has 1 amide bonds. The Hall–Kier alpha value is -2.93. The van der Waals surface area contributed by atoms with E-state index in [-0.39, 0.29) is 12.8 Å². The highest BCUT2D eigenvalue weighted by Crippen LogP contribution is 2.44. The van der Waals surface area contributed by atoms with Gasteiger partial charge in [-0.1, -0.05) is 79.0 Å². The maximum absolute atomic E-state index is 14.5. The summed E-state index contributed by atoms with van der Waals surface area (Å²) in [6, 6.07) is 18.3. The van der Waals surface area contributed by atoms with Crippen molar-refractivity contribution in [1.29, 1.82) is 0 Å². The molecular formula is C28H26Cl2FNO4. The SMILES string of the molecule is CCC[C@H](C(=O)O)N1C(=O)[C@H](Cc2ccccc2F)O[C@@H](c2ccc(Cl)cc2)[C@H]1c1ccc(Cl)cc1. The zero-order valence-electron chi connectivity index (χ0n) is 19.6. The third kappa shape index (κ3) is 5.56. The van der Waals surface area contributed by atoms with E-state index >= 15 is 0 Å². The average molecular weight is 530 g/mol. The molecule has 4 rings (SSSR count). The van der Waals surface area contributed by atoms with Crippen LogP contribution in [0, 0.1) is 5.82 Å². The first-order chi connectivity index (χ1) is 17.3. The van der Waals surface area contributed by atoms with E-state index in [2.05, 4.69) is 0 Å². The lowest BCUT2D eigenvalue weighted by atomic mass is 9.88. The van der Waals surface area contributed by atoms with E-state index in [1.807, 2.05) is 6.92 Å². The fourth-order valence-electron chi connectivity index (χ4n) is 4.67. The van der Waals surface area contributed by atoms with Crippen LogP contribution in [-0.2, 0) is 20.7 Å². The molecule has 1 heterocycles. The van der Waals surface area contributed by atoms with Crippen molar-refractivity contribution in [1.82, 2.24) is 4.90 Å². The molecule has 4 atom stereocenters. The molecular weight excluding hydrogens is 504 g/mol. The zero-order valence-corrected chi connectivity index (χ0v) is 21.1. The number of carboxylic acid groups (broad SMARTS) is 1. The van der Waals surface area contributed by atoms with E-state index < -0.39 is 42.0 Å². The Bertz CT molecular complexity index is 1220. The number of halogens is 3. The molecule has 1 aliphatic rings. The van der Waals surface area contributed by atoms with Gasteiger partial charge in [-0.25, -0.2) is 9.18 Å². The Morgan fingerprint density at radius 2 is 1.58 bits per heavy atom. The van der Waals surface area contributed by atoms with Gasteiger partial charge in [-0.3, -0.25) is 4.79 Å². The Balaban J connectivity index is 1.86. The van der Waals surface area contributed by atoms with Crippen molar-refractivity contribution in [3.63, 3.8) is 0 Å². The van der Waals surface area contributed by atoms with Gasteiger partial charge in [0.05, 0.1) is 6.04 Å². The van der Waals surface area contributed by atoms with Gasteiger partial charge < -0.3 is 14.7 Å². The van der Waals surface area contributed by atoms with Crippen molar-refractivity contribution < 1.29 is 23.8 Å². The van der Waals surface area contributed by atoms with Crippen molar-refractivity contribution in [2.24, 2.45) is 0 Å². The van der Waals surface area contributed by atoms with Gasteiger partial charge in [-0.05, 0) is 53.4 Å². The van der Waals surface area contributed by atoms with E-state index in [0.29, 0.717) is 27.6 Å². The second-order valence-electron chi connectivity index (χ2n) is 8.78. The van der Waals surface area contributed by atoms with E-state index in [4.69, 9.17) is 27.9 Å². The summed E-state index contributed by atoms with van der Waals surface area (Å²) in [4.78, 5) is 27.8. The minimum Gasteiger partial charge on any atom is -0.480 e. The molecule has 0 unspecified atom stereocenters. The summed E-state index contributed by atoms with van der Waals surface area (Å²) >= 11 is 12.2. The summed E-state index contributed by atoms with van der Waals surface area (Å²) in [5.74, 6) is -2.05. The predicted octanol–water partition coefficient (Wildman–Crippen LogP) is 6.64. The number of morpholine rings is 1. The molecule has 1 N–H and O–H groups in total. The van der Waals surface area contributed by atoms with Gasteiger partial charge in [-0.2, -0.15) is 0 Å². The molecule has 0 aromatic heterocycles. The minimum atomic E-state index is -1.11. The Morgan fingerprint density at radius 3 is 2.14 bits per heavy atom. The topological polar surface area (TPSA) is 66.8 Å². The lowest BCUT2D eigenvalue weighted by Crippen LogP contribution is -2.57. The number of nitrogens with zero attached hydrogens (tertiary/aromatic N) is 1. The predicted molar refractivity (Wildman–Crippen MR) is 137 cm³/mol. The summed E-state index contributed by atoms with van der Waals surface area (Å²) in [6.07, 6.45) is -1.03. The first kappa shape index (κ1) is 26.1. The summed E-state index contributed by atoms with van der Waals surface area (Å²) in [6.45, 7) is 1.87. The molecule has 188 valence electrons. The quantitative estimate of drug-likeness (QED) is 0.355. The van der Waals surface area contributed by atoms with Crippen LogP contribution in [0.15, 0.2) is 72.8 Å². The Labute approximate surface area is 219 Å². The van der Waals surface area contributed by atoms with Gasteiger partial charge in [-0.15, -0.1) is 0 Å². The van der Waals surface area contributed by atoms with Crippen LogP contribution in [-0.4, -0.2) is 34.0 Å². The van der Waals surface area contributed by atoms with Crippen molar-refractivity contribution in [2.75, 3.05) is 0 Å². The number of amides is 1. The van der Waals surface area contributed by atoms with Crippen LogP contribution in [0.2, 0.25) is 10.0 Å². The van der Waals surface area contributed by atoms with Crippen LogP contribution in [0.5, 0.6) is 0 Å². The normalized spacial score (nSPS) is 20.8. The minimum absolute atomic E-state index is 0.0299. The molecule has 1 fully saturated rings. The monoisotopic (exact) mass is 529 g/mol. The molecule has 5 nitrogen and oxygen atoms in total. The molecule has 8 heteroatoms. The fraction of sp³-hybridized carbons (Fsp3) is 0.286. The molecule has 3 aromatic carbocycles. The standard InChI is InChI=1S/C28H26Cl2FNO4/c1-2-5-23(28(34)35)32-25(17-8-12-20(29)13-9-17)26(18-10-14-21(30)15-11-18)36-24(27(32)33)16-19-6-3-4-7-22(19)31/h3-4,6-15,23-26H,2,5,16H2,1H3,(H,34,35)/t23-,24+,25-,26+/m1/s1. The number of carbonyl (C=O) groups is 2. The maximum atomic E-state index is 14.5. The third-order valence-electron chi connectivity index (χ3n) is 6.38. The van der Waals surface area contributed by atoms with Gasteiger partial charge in [0, 0.05) is 16.5 Å². The number of hydrogen-bond acceptors (Lipinski definition) is 3. The van der Waals surface area contributed by atoms with Crippen molar-refractivity contribution in [3.05, 3.63) is 105 Å². The number of carbonyl (C=O) groups excluding carboxylic acids is 1. The highest BCUT2D eigenvalue weighted by Gasteiger charge is 2.48. The average Bonchev–Trinajstić information content (AvgIpc) is 2.86. The van der Waals surface area contributed by atoms with E-state index in [0.717, 1.165) is 5.56 Å². The van der Waals surface area contributed by atoms with Crippen molar-refractivity contribution >= 4 is 35.1 Å². The van der Waals surface area contributed by atoms with E-state index in [1.54, 1.807) is 66.7 Å². The van der Waals surface area contributed by atoms with Gasteiger partial charge in [0.2, 0.25) is 0 Å². The number of carboxylic acids is 1. The number of benzene rings is 3. The van der Waals surface area contributed by atoms with E-state index in [9.17, 15) is 19.1 Å². The molecule has 36 heavy (non-hydrogen) atoms. The van der Waals surface area contributed by atoms with Crippen LogP contribution >= 0.6 is 23.2 Å². The summed E-state index contributed by atoms with van der Waals surface area (Å²) < 4.78 is 20.9. The fourth-order valence-corrected chi connectivity index (χ4v) is 4.92. The van der Waals surface area contributed by atoms with Crippen LogP contribution in [0.25, 0.3) is 0 Å².